The Kier molecular flexibility index (Phi) is 8.10. The number of benzene rings is 2. The summed E-state index contributed by atoms with van der Waals surface area (Å²) in [6.07, 6.45) is -0.0507. The fraction of sp³-hybridized carbons (Fsp3) is 0.407. The zero-order valence-electron chi connectivity index (χ0n) is 20.5. The van der Waals surface area contributed by atoms with Gasteiger partial charge in [-0.25, -0.2) is 9.18 Å². The van der Waals surface area contributed by atoms with Crippen LogP contribution in [0.2, 0.25) is 5.02 Å². The van der Waals surface area contributed by atoms with Crippen molar-refractivity contribution in [3.63, 3.8) is 0 Å². The van der Waals surface area contributed by atoms with Crippen LogP contribution in [0, 0.1) is 23.1 Å². The van der Waals surface area contributed by atoms with Crippen molar-refractivity contribution in [2.75, 3.05) is 33.2 Å². The molecule has 0 aromatic heterocycles. The minimum Gasteiger partial charge on any atom is -0.410 e. The highest BCUT2D eigenvalue weighted by Crippen LogP contribution is 2.41. The van der Waals surface area contributed by atoms with E-state index in [9.17, 15) is 18.8 Å². The summed E-state index contributed by atoms with van der Waals surface area (Å²) in [5.41, 5.74) is -0.403. The summed E-state index contributed by atoms with van der Waals surface area (Å²) < 4.78 is 18.9. The van der Waals surface area contributed by atoms with Gasteiger partial charge >= 0.3 is 6.09 Å². The van der Waals surface area contributed by atoms with Gasteiger partial charge in [0, 0.05) is 50.1 Å². The Labute approximate surface area is 219 Å². The van der Waals surface area contributed by atoms with Crippen molar-refractivity contribution in [2.45, 2.75) is 30.7 Å². The molecule has 2 aromatic rings. The molecular weight excluding hydrogens is 499 g/mol. The van der Waals surface area contributed by atoms with E-state index in [1.165, 1.54) is 29.2 Å². The third-order valence-electron chi connectivity index (χ3n) is 7.36. The second-order valence-corrected chi connectivity index (χ2v) is 9.83. The highest BCUT2D eigenvalue weighted by atomic mass is 35.5. The van der Waals surface area contributed by atoms with Crippen LogP contribution in [0.15, 0.2) is 48.5 Å². The predicted molar refractivity (Wildman–Crippen MR) is 135 cm³/mol. The van der Waals surface area contributed by atoms with Crippen LogP contribution in [-0.2, 0) is 9.59 Å². The van der Waals surface area contributed by atoms with Crippen molar-refractivity contribution in [3.05, 3.63) is 64.9 Å². The number of nitriles is 1. The van der Waals surface area contributed by atoms with Crippen LogP contribution in [0.5, 0.6) is 5.75 Å². The van der Waals surface area contributed by atoms with Crippen molar-refractivity contribution in [1.29, 1.82) is 5.26 Å². The number of halogens is 2. The second-order valence-electron chi connectivity index (χ2n) is 9.39. The Morgan fingerprint density at radius 2 is 1.81 bits per heavy atom. The minimum absolute atomic E-state index is 0.108. The number of likely N-dealkylation sites (N-methyl/N-ethyl adjacent to an activating group) is 1. The fourth-order valence-corrected chi connectivity index (χ4v) is 5.45. The van der Waals surface area contributed by atoms with Gasteiger partial charge in [-0.15, -0.1) is 0 Å². The summed E-state index contributed by atoms with van der Waals surface area (Å²) in [6.45, 7) is 1.42. The molecule has 8 nitrogen and oxygen atoms in total. The van der Waals surface area contributed by atoms with Crippen molar-refractivity contribution in [2.24, 2.45) is 5.92 Å². The lowest BCUT2D eigenvalue weighted by Gasteiger charge is -2.44. The van der Waals surface area contributed by atoms with E-state index in [-0.39, 0.29) is 42.2 Å². The Morgan fingerprint density at radius 3 is 2.43 bits per heavy atom. The fourth-order valence-electron chi connectivity index (χ4n) is 5.32. The monoisotopic (exact) mass is 526 g/mol. The van der Waals surface area contributed by atoms with Crippen molar-refractivity contribution in [1.82, 2.24) is 15.1 Å². The van der Waals surface area contributed by atoms with Gasteiger partial charge in [-0.05, 0) is 54.8 Å². The Hall–Kier alpha value is -3.48. The minimum atomic E-state index is -1.26. The van der Waals surface area contributed by atoms with Gasteiger partial charge in [-0.2, -0.15) is 5.26 Å². The average Bonchev–Trinajstić information content (AvgIpc) is 3.35. The smallest absolute Gasteiger partial charge is 0.410 e. The molecule has 2 heterocycles. The van der Waals surface area contributed by atoms with E-state index in [1.807, 2.05) is 18.2 Å². The second kappa shape index (κ2) is 11.3. The standard InChI is InChI=1S/C27H28ClFN4O4/c1-32(26(36)37-22-8-6-21(29)7-9-22)27(17-31-16-23(27)18-2-4-20(28)5-3-18)25(35)19-11-14-33(15-12-19)24(34)10-13-30/h2-9,19,23,31H,10-12,14-17H2,1H3/t23-,27+/m0/s1. The molecule has 2 aliphatic rings. The van der Waals surface area contributed by atoms with Gasteiger partial charge < -0.3 is 15.0 Å². The van der Waals surface area contributed by atoms with Crippen molar-refractivity contribution in [3.8, 4) is 11.8 Å². The van der Waals surface area contributed by atoms with Crippen molar-refractivity contribution >= 4 is 29.4 Å². The van der Waals surface area contributed by atoms with E-state index in [2.05, 4.69) is 5.32 Å². The summed E-state index contributed by atoms with van der Waals surface area (Å²) >= 11 is 6.10. The molecule has 0 aliphatic carbocycles. The average molecular weight is 527 g/mol. The zero-order valence-corrected chi connectivity index (χ0v) is 21.2. The molecule has 2 atom stereocenters. The van der Waals surface area contributed by atoms with E-state index in [1.54, 1.807) is 24.1 Å². The Balaban J connectivity index is 1.63. The van der Waals surface area contributed by atoms with Gasteiger partial charge in [0.15, 0.2) is 5.78 Å². The van der Waals surface area contributed by atoms with E-state index >= 15 is 0 Å². The lowest BCUT2D eigenvalue weighted by Crippen LogP contribution is -2.62. The topological polar surface area (TPSA) is 103 Å². The Morgan fingerprint density at radius 1 is 1.16 bits per heavy atom. The molecule has 0 radical (unpaired) electrons. The molecule has 0 saturated carbocycles. The Bertz CT molecular complexity index is 1190. The van der Waals surface area contributed by atoms with Crippen LogP contribution >= 0.6 is 11.6 Å². The largest absolute Gasteiger partial charge is 0.415 e. The number of hydrogen-bond donors (Lipinski definition) is 1. The maximum atomic E-state index is 14.3. The summed E-state index contributed by atoms with van der Waals surface area (Å²) in [5, 5.41) is 12.7. The third kappa shape index (κ3) is 5.45. The number of piperidine rings is 1. The van der Waals surface area contributed by atoms with Crippen LogP contribution in [0.4, 0.5) is 9.18 Å². The van der Waals surface area contributed by atoms with Gasteiger partial charge in [-0.1, -0.05) is 23.7 Å². The van der Waals surface area contributed by atoms with Gasteiger partial charge in [-0.3, -0.25) is 14.5 Å². The quantitative estimate of drug-likeness (QED) is 0.615. The van der Waals surface area contributed by atoms with E-state index < -0.39 is 17.4 Å². The summed E-state index contributed by atoms with van der Waals surface area (Å²) in [6, 6.07) is 14.2. The number of amides is 2. The number of likely N-dealkylation sites (tertiary alicyclic amines) is 1. The van der Waals surface area contributed by atoms with Crippen LogP contribution in [0.3, 0.4) is 0 Å². The molecule has 0 spiro atoms. The van der Waals surface area contributed by atoms with Crippen LogP contribution in [0.25, 0.3) is 0 Å². The molecular formula is C27H28ClFN4O4. The van der Waals surface area contributed by atoms with E-state index in [0.717, 1.165) is 5.56 Å². The molecule has 37 heavy (non-hydrogen) atoms. The molecule has 4 rings (SSSR count). The number of ether oxygens (including phenoxy) is 1. The lowest BCUT2D eigenvalue weighted by atomic mass is 9.72. The number of nitrogens with zero attached hydrogens (tertiary/aromatic N) is 3. The highest BCUT2D eigenvalue weighted by molar-refractivity contribution is 6.30. The molecule has 10 heteroatoms. The summed E-state index contributed by atoms with van der Waals surface area (Å²) in [4.78, 5) is 42.8. The molecule has 2 saturated heterocycles. The molecule has 194 valence electrons. The lowest BCUT2D eigenvalue weighted by molar-refractivity contribution is -0.138. The number of ketones is 1. The molecule has 1 N–H and O–H groups in total. The van der Waals surface area contributed by atoms with Gasteiger partial charge in [0.1, 0.15) is 23.5 Å². The number of carbonyl (C=O) groups excluding carboxylic acids is 3. The summed E-state index contributed by atoms with van der Waals surface area (Å²) in [7, 11) is 1.55. The van der Waals surface area contributed by atoms with Crippen LogP contribution < -0.4 is 10.1 Å². The van der Waals surface area contributed by atoms with Gasteiger partial charge in [0.2, 0.25) is 5.91 Å². The first-order valence-electron chi connectivity index (χ1n) is 12.1. The molecule has 2 fully saturated rings. The van der Waals surface area contributed by atoms with Gasteiger partial charge in [0.25, 0.3) is 0 Å². The maximum Gasteiger partial charge on any atom is 0.415 e. The molecule has 2 aromatic carbocycles. The molecule has 0 unspecified atom stereocenters. The first kappa shape index (κ1) is 26.6. The third-order valence-corrected chi connectivity index (χ3v) is 7.61. The van der Waals surface area contributed by atoms with E-state index in [4.69, 9.17) is 21.6 Å². The zero-order chi connectivity index (χ0) is 26.6. The molecule has 2 aliphatic heterocycles. The highest BCUT2D eigenvalue weighted by Gasteiger charge is 2.56. The number of nitrogens with one attached hydrogen (secondary N) is 1. The molecule has 2 amide bonds. The number of hydrogen-bond acceptors (Lipinski definition) is 6. The number of rotatable bonds is 6. The van der Waals surface area contributed by atoms with Crippen LogP contribution in [-0.4, -0.2) is 66.3 Å². The van der Waals surface area contributed by atoms with Crippen LogP contribution in [0.1, 0.15) is 30.7 Å². The normalized spacial score (nSPS) is 21.8. The first-order valence-corrected chi connectivity index (χ1v) is 12.5. The SMILES string of the molecule is CN(C(=O)Oc1ccc(F)cc1)[C@]1(C(=O)C2CCN(C(=O)CC#N)CC2)CNC[C@H]1c1ccc(Cl)cc1. The van der Waals surface area contributed by atoms with E-state index in [0.29, 0.717) is 37.5 Å². The number of carbonyl (C=O) groups is 3. The van der Waals surface area contributed by atoms with Gasteiger partial charge in [0.05, 0.1) is 6.07 Å². The summed E-state index contributed by atoms with van der Waals surface area (Å²) in [5.74, 6) is -1.40. The first-order chi connectivity index (χ1) is 17.8. The van der Waals surface area contributed by atoms with Crippen molar-refractivity contribution < 1.29 is 23.5 Å². The number of Topliss-reactive ketones (excluding diaryl/α,β-unsaturated/α-hetero) is 1. The maximum absolute atomic E-state index is 14.3. The predicted octanol–water partition coefficient (Wildman–Crippen LogP) is 3.76. The molecule has 0 bridgehead atoms.